The van der Waals surface area contributed by atoms with Crippen LogP contribution in [0.1, 0.15) is 31.7 Å². The molecule has 0 aromatic heterocycles. The number of hydrogen-bond acceptors (Lipinski definition) is 1. The maximum absolute atomic E-state index is 5.83. The van der Waals surface area contributed by atoms with E-state index in [1.165, 1.54) is 18.4 Å². The van der Waals surface area contributed by atoms with Crippen LogP contribution in [0.4, 0.5) is 0 Å². The van der Waals surface area contributed by atoms with E-state index in [0.29, 0.717) is 5.41 Å². The molecular weight excluding hydrogens is 244 g/mol. The maximum atomic E-state index is 5.83. The Bertz CT molecular complexity index is 577. The van der Waals surface area contributed by atoms with Gasteiger partial charge in [0.15, 0.2) is 0 Å². The molecule has 3 rings (SSSR count). The Hall–Kier alpha value is -2.02. The van der Waals surface area contributed by atoms with Gasteiger partial charge in [-0.15, -0.1) is 0 Å². The summed E-state index contributed by atoms with van der Waals surface area (Å²) in [6, 6.07) is 18.4. The van der Waals surface area contributed by atoms with E-state index < -0.39 is 0 Å². The molecule has 0 unspecified atom stereocenters. The van der Waals surface area contributed by atoms with Crippen molar-refractivity contribution in [2.45, 2.75) is 31.6 Å². The number of hydrogen-bond donors (Lipinski definition) is 0. The fourth-order valence-corrected chi connectivity index (χ4v) is 2.51. The van der Waals surface area contributed by atoms with E-state index in [1.54, 1.807) is 0 Å². The van der Waals surface area contributed by atoms with Crippen LogP contribution < -0.4 is 4.74 Å². The first kappa shape index (κ1) is 13.0. The van der Waals surface area contributed by atoms with Gasteiger partial charge in [-0.2, -0.15) is 0 Å². The van der Waals surface area contributed by atoms with Crippen LogP contribution >= 0.6 is 0 Å². The van der Waals surface area contributed by atoms with Crippen LogP contribution in [-0.2, 0) is 5.41 Å². The summed E-state index contributed by atoms with van der Waals surface area (Å²) in [4.78, 5) is 0. The van der Waals surface area contributed by atoms with Crippen LogP contribution in [0, 0.1) is 0 Å². The second-order valence-electron chi connectivity index (χ2n) is 5.41. The molecule has 0 saturated heterocycles. The topological polar surface area (TPSA) is 9.23 Å². The Kier molecular flexibility index (Phi) is 3.60. The van der Waals surface area contributed by atoms with Crippen LogP contribution in [0.15, 0.2) is 66.7 Å². The summed E-state index contributed by atoms with van der Waals surface area (Å²) in [5, 5.41) is 0. The van der Waals surface area contributed by atoms with Crippen molar-refractivity contribution in [3.63, 3.8) is 0 Å². The van der Waals surface area contributed by atoms with Gasteiger partial charge in [-0.3, -0.25) is 0 Å². The third kappa shape index (κ3) is 2.77. The van der Waals surface area contributed by atoms with Crippen molar-refractivity contribution in [1.29, 1.82) is 0 Å². The van der Waals surface area contributed by atoms with E-state index in [4.69, 9.17) is 4.74 Å². The molecule has 0 atom stereocenters. The zero-order chi connectivity index (χ0) is 13.8. The van der Waals surface area contributed by atoms with Crippen LogP contribution in [0.2, 0.25) is 0 Å². The van der Waals surface area contributed by atoms with Gasteiger partial charge in [0.05, 0.1) is 0 Å². The highest BCUT2D eigenvalue weighted by Crippen LogP contribution is 2.49. The van der Waals surface area contributed by atoms with Gasteiger partial charge in [0.2, 0.25) is 0 Å². The lowest BCUT2D eigenvalue weighted by molar-refractivity contribution is 0.482. The van der Waals surface area contributed by atoms with Crippen molar-refractivity contribution < 1.29 is 4.74 Å². The number of benzene rings is 2. The highest BCUT2D eigenvalue weighted by molar-refractivity contribution is 5.41. The van der Waals surface area contributed by atoms with E-state index in [0.717, 1.165) is 17.9 Å². The van der Waals surface area contributed by atoms with Crippen molar-refractivity contribution in [3.8, 4) is 11.5 Å². The third-order valence-electron chi connectivity index (χ3n) is 3.87. The smallest absolute Gasteiger partial charge is 0.127 e. The zero-order valence-corrected chi connectivity index (χ0v) is 11.9. The minimum Gasteiger partial charge on any atom is -0.457 e. The molecule has 0 radical (unpaired) electrons. The van der Waals surface area contributed by atoms with Crippen molar-refractivity contribution in [2.24, 2.45) is 0 Å². The molecule has 1 aliphatic carbocycles. The highest BCUT2D eigenvalue weighted by atomic mass is 16.5. The Balaban J connectivity index is 1.74. The Morgan fingerprint density at radius 2 is 1.60 bits per heavy atom. The van der Waals surface area contributed by atoms with E-state index in [1.807, 2.05) is 30.3 Å². The van der Waals surface area contributed by atoms with E-state index in [9.17, 15) is 0 Å². The Labute approximate surface area is 120 Å². The standard InChI is InChI=1S/C19H20O/c1-2-3-13-19(14-15-19)16-9-11-18(12-10-16)20-17-7-5-4-6-8-17/h3-13H,2,14-15H2,1H3/b13-3+. The number of rotatable bonds is 5. The molecule has 0 heterocycles. The van der Waals surface area contributed by atoms with Gasteiger partial charge in [-0.25, -0.2) is 0 Å². The second kappa shape index (κ2) is 5.54. The fraction of sp³-hybridized carbons (Fsp3) is 0.263. The molecule has 2 aromatic carbocycles. The minimum atomic E-state index is 0.307. The summed E-state index contributed by atoms with van der Waals surface area (Å²) in [5.74, 6) is 1.78. The van der Waals surface area contributed by atoms with Crippen molar-refractivity contribution in [1.82, 2.24) is 0 Å². The normalized spacial score (nSPS) is 16.2. The van der Waals surface area contributed by atoms with Crippen molar-refractivity contribution in [2.75, 3.05) is 0 Å². The van der Waals surface area contributed by atoms with Gasteiger partial charge >= 0.3 is 0 Å². The fourth-order valence-electron chi connectivity index (χ4n) is 2.51. The van der Waals surface area contributed by atoms with E-state index >= 15 is 0 Å². The average molecular weight is 264 g/mol. The van der Waals surface area contributed by atoms with Gasteiger partial charge in [0, 0.05) is 5.41 Å². The highest BCUT2D eigenvalue weighted by Gasteiger charge is 2.41. The van der Waals surface area contributed by atoms with Crippen molar-refractivity contribution >= 4 is 0 Å². The SMILES string of the molecule is CC/C=C/C1(c2ccc(Oc3ccccc3)cc2)CC1. The molecule has 1 heteroatoms. The van der Waals surface area contributed by atoms with Crippen LogP contribution in [0.3, 0.4) is 0 Å². The predicted octanol–water partition coefficient (Wildman–Crippen LogP) is 5.48. The molecule has 1 fully saturated rings. The Morgan fingerprint density at radius 1 is 0.950 bits per heavy atom. The first-order valence-electron chi connectivity index (χ1n) is 7.33. The maximum Gasteiger partial charge on any atom is 0.127 e. The summed E-state index contributed by atoms with van der Waals surface area (Å²) in [6.45, 7) is 2.18. The lowest BCUT2D eigenvalue weighted by Crippen LogP contribution is -2.01. The number of ether oxygens (including phenoxy) is 1. The van der Waals surface area contributed by atoms with Crippen molar-refractivity contribution in [3.05, 3.63) is 72.3 Å². The molecule has 102 valence electrons. The monoisotopic (exact) mass is 264 g/mol. The second-order valence-corrected chi connectivity index (χ2v) is 5.41. The lowest BCUT2D eigenvalue weighted by atomic mass is 9.95. The van der Waals surface area contributed by atoms with Gasteiger partial charge in [-0.05, 0) is 49.1 Å². The van der Waals surface area contributed by atoms with E-state index in [-0.39, 0.29) is 0 Å². The van der Waals surface area contributed by atoms with Gasteiger partial charge in [0.25, 0.3) is 0 Å². The summed E-state index contributed by atoms with van der Waals surface area (Å²) in [5.41, 5.74) is 1.71. The molecule has 20 heavy (non-hydrogen) atoms. The molecule has 0 amide bonds. The molecule has 1 saturated carbocycles. The third-order valence-corrected chi connectivity index (χ3v) is 3.87. The number of para-hydroxylation sites is 1. The largest absolute Gasteiger partial charge is 0.457 e. The van der Waals surface area contributed by atoms with Crippen LogP contribution in [0.25, 0.3) is 0 Å². The quantitative estimate of drug-likeness (QED) is 0.650. The first-order valence-corrected chi connectivity index (χ1v) is 7.33. The summed E-state index contributed by atoms with van der Waals surface area (Å²) in [7, 11) is 0. The zero-order valence-electron chi connectivity index (χ0n) is 11.9. The molecule has 0 spiro atoms. The summed E-state index contributed by atoms with van der Waals surface area (Å²) < 4.78 is 5.83. The van der Waals surface area contributed by atoms with Gasteiger partial charge in [-0.1, -0.05) is 49.4 Å². The van der Waals surface area contributed by atoms with Gasteiger partial charge in [0.1, 0.15) is 11.5 Å². The summed E-state index contributed by atoms with van der Waals surface area (Å²) in [6.07, 6.45) is 8.29. The molecule has 1 aliphatic rings. The molecule has 2 aromatic rings. The van der Waals surface area contributed by atoms with Crippen LogP contribution in [0.5, 0.6) is 11.5 Å². The first-order chi connectivity index (χ1) is 9.82. The minimum absolute atomic E-state index is 0.307. The molecule has 0 bridgehead atoms. The molecule has 1 nitrogen and oxygen atoms in total. The number of allylic oxidation sites excluding steroid dienone is 2. The van der Waals surface area contributed by atoms with E-state index in [2.05, 4.69) is 43.3 Å². The molecular formula is C19H20O. The average Bonchev–Trinajstić information content (AvgIpc) is 3.28. The van der Waals surface area contributed by atoms with Crippen LogP contribution in [-0.4, -0.2) is 0 Å². The molecule has 0 N–H and O–H groups in total. The predicted molar refractivity (Wildman–Crippen MR) is 83.3 cm³/mol. The molecule has 0 aliphatic heterocycles. The van der Waals surface area contributed by atoms with Gasteiger partial charge < -0.3 is 4.74 Å². The summed E-state index contributed by atoms with van der Waals surface area (Å²) >= 11 is 0. The lowest BCUT2D eigenvalue weighted by Gasteiger charge is -2.12. The Morgan fingerprint density at radius 3 is 2.20 bits per heavy atom.